The van der Waals surface area contributed by atoms with E-state index in [9.17, 15) is 49.7 Å². The van der Waals surface area contributed by atoms with E-state index in [4.69, 9.17) is 38.5 Å². The van der Waals surface area contributed by atoms with Crippen LogP contribution in [0.2, 0.25) is 0 Å². The molecule has 1 unspecified atom stereocenters. The topological polar surface area (TPSA) is 286 Å². The average Bonchev–Trinajstić information content (AvgIpc) is 3.38. The van der Waals surface area contributed by atoms with E-state index in [1.807, 2.05) is 0 Å². The van der Waals surface area contributed by atoms with Gasteiger partial charge in [-0.05, 0) is 19.3 Å². The molecule has 0 radical (unpaired) electrons. The van der Waals surface area contributed by atoms with Crippen molar-refractivity contribution < 1.29 is 112 Å². The molecule has 2 rings (SSSR count). The molecule has 1 saturated carbocycles. The normalized spacial score (nSPS) is 26.1. The van der Waals surface area contributed by atoms with Gasteiger partial charge >= 0.3 is 41.5 Å². The smallest absolute Gasteiger partial charge is 0.756 e. The molecule has 0 bridgehead atoms. The Morgan fingerprint density at radius 1 is 0.547 bits per heavy atom. The zero-order valence-corrected chi connectivity index (χ0v) is 49.9. The molecular weight excluding hydrogens is 1000 g/mol. The number of esters is 2. The van der Waals surface area contributed by atoms with E-state index in [0.29, 0.717) is 19.3 Å². The first-order valence-electron chi connectivity index (χ1n) is 29.4. The summed E-state index contributed by atoms with van der Waals surface area (Å²) < 4.78 is 53.3. The van der Waals surface area contributed by atoms with Crippen molar-refractivity contribution in [3.63, 3.8) is 0 Å². The molecule has 0 aromatic carbocycles. The number of rotatable bonds is 47. The van der Waals surface area contributed by atoms with Crippen LogP contribution in [0, 0.1) is 0 Å². The number of carbonyl (C=O) groups is 2. The molecule has 20 heteroatoms. The van der Waals surface area contributed by atoms with Crippen LogP contribution in [0.15, 0.2) is 0 Å². The quantitative estimate of drug-likeness (QED) is 0.0177. The predicted octanol–water partition coefficient (Wildman–Crippen LogP) is 5.27. The number of phosphoric acid groups is 1. The van der Waals surface area contributed by atoms with Gasteiger partial charge in [0.1, 0.15) is 61.5 Å². The first-order chi connectivity index (χ1) is 35.7. The van der Waals surface area contributed by atoms with Gasteiger partial charge in [-0.3, -0.25) is 14.2 Å². The molecule has 0 amide bonds. The van der Waals surface area contributed by atoms with Crippen molar-refractivity contribution in [1.82, 2.24) is 0 Å². The minimum absolute atomic E-state index is 0. The maximum absolute atomic E-state index is 13.8. The predicted molar refractivity (Wildman–Crippen MR) is 282 cm³/mol. The van der Waals surface area contributed by atoms with Crippen LogP contribution in [0.4, 0.5) is 0 Å². The molecule has 0 aromatic heterocycles. The summed E-state index contributed by atoms with van der Waals surface area (Å²) in [4.78, 5) is 39.9. The summed E-state index contributed by atoms with van der Waals surface area (Å²) in [5.41, 5.74) is 6.12. The summed E-state index contributed by atoms with van der Waals surface area (Å²) in [5, 5.41) is 64.3. The van der Waals surface area contributed by atoms with Crippen LogP contribution in [0.25, 0.3) is 0 Å². The van der Waals surface area contributed by atoms with E-state index in [1.165, 1.54) is 103 Å². The van der Waals surface area contributed by atoms with E-state index in [2.05, 4.69) is 20.8 Å². The third kappa shape index (κ3) is 32.0. The number of carbonyl (C=O) groups excluding carboxylic acids is 2. The molecule has 1 saturated heterocycles. The second kappa shape index (κ2) is 45.3. The van der Waals surface area contributed by atoms with Gasteiger partial charge in [0.05, 0.1) is 19.3 Å². The molecule has 13 atom stereocenters. The van der Waals surface area contributed by atoms with Crippen molar-refractivity contribution >= 4 is 19.8 Å². The SMILES string of the molecule is CCCCCCCCCCCCCCCC(=O)OC[C@H](COP(=O)([O-])O[C@@H]1[C@H](OCCCCCCCC)[C@H](O)[C@@H](O)[C@H](O)[C@H]1O[C@H]1O[C@H](CO)[C@@H](O)[C@H](O)[C@H]1N)OC(=O)CCCCCCCCCCCCCCC.[Na+]. The molecule has 8 N–H and O–H groups in total. The molecule has 1 aliphatic carbocycles. The number of unbranched alkanes of at least 4 members (excludes halogenated alkanes) is 29. The standard InChI is InChI=1S/C55H106NO17P.Na/c1-4-7-10-13-16-18-20-22-24-26-28-30-33-36-44(58)68-40-42(70-45(59)37-34-31-29-27-25-23-21-19-17-14-11-8-5-2)41-69-74(65,66)73-54-52(67-38-35-32-15-12-9-6-3)50(63)49(62)51(64)53(54)72-55-46(56)48(61)47(60)43(39-57)71-55;/h42-43,46-55,57,60-64H,4-41,56H2,1-3H3,(H,65,66);/q;+1/p-1/t42-,43-,46-,47-,48-,49-,50-,51+,52-,53-,54-,55-;/m1./s1. The van der Waals surface area contributed by atoms with Gasteiger partial charge < -0.3 is 74.0 Å². The van der Waals surface area contributed by atoms with Crippen LogP contribution in [0.3, 0.4) is 0 Å². The monoisotopic (exact) mass is 1110 g/mol. The largest absolute Gasteiger partial charge is 1.00 e. The number of aliphatic hydroxyl groups excluding tert-OH is 6. The Kier molecular flexibility index (Phi) is 43.9. The number of phosphoric ester groups is 1. The number of ether oxygens (including phenoxy) is 5. The third-order valence-electron chi connectivity index (χ3n) is 14.4. The van der Waals surface area contributed by atoms with Crippen molar-refractivity contribution in [2.24, 2.45) is 5.73 Å². The zero-order valence-electron chi connectivity index (χ0n) is 47.0. The number of hydrogen-bond acceptors (Lipinski definition) is 18. The summed E-state index contributed by atoms with van der Waals surface area (Å²) in [6.07, 6.45) is 15.8. The van der Waals surface area contributed by atoms with Gasteiger partial charge in [-0.15, -0.1) is 0 Å². The minimum atomic E-state index is -5.56. The summed E-state index contributed by atoms with van der Waals surface area (Å²) in [5.74, 6) is -1.16. The fourth-order valence-electron chi connectivity index (χ4n) is 9.67. The van der Waals surface area contributed by atoms with Gasteiger partial charge in [-0.1, -0.05) is 207 Å². The molecule has 2 aliphatic rings. The molecule has 1 aliphatic heterocycles. The number of hydrogen-bond donors (Lipinski definition) is 7. The maximum atomic E-state index is 13.8. The number of aliphatic hydroxyl groups is 6. The van der Waals surface area contributed by atoms with Crippen LogP contribution < -0.4 is 40.2 Å². The van der Waals surface area contributed by atoms with Gasteiger partial charge in [-0.25, -0.2) is 0 Å². The van der Waals surface area contributed by atoms with Gasteiger partial charge in [0, 0.05) is 19.4 Å². The first-order valence-corrected chi connectivity index (χ1v) is 30.9. The molecule has 438 valence electrons. The Morgan fingerprint density at radius 2 is 0.960 bits per heavy atom. The van der Waals surface area contributed by atoms with E-state index in [-0.39, 0.29) is 49.0 Å². The average molecular weight is 1110 g/mol. The summed E-state index contributed by atoms with van der Waals surface area (Å²) in [6.45, 7) is 4.43. The molecular formula is C55H105NNaO17P. The van der Waals surface area contributed by atoms with Crippen LogP contribution >= 0.6 is 7.82 Å². The van der Waals surface area contributed by atoms with Crippen molar-refractivity contribution in [1.29, 1.82) is 0 Å². The fraction of sp³-hybridized carbons (Fsp3) is 0.964. The Hall–Kier alpha value is -0.350. The zero-order chi connectivity index (χ0) is 54.4. The molecule has 2 fully saturated rings. The van der Waals surface area contributed by atoms with Crippen LogP contribution in [-0.4, -0.2) is 142 Å². The molecule has 0 aromatic rings. The Morgan fingerprint density at radius 3 is 1.41 bits per heavy atom. The fourth-order valence-corrected chi connectivity index (χ4v) is 10.6. The van der Waals surface area contributed by atoms with Gasteiger partial charge in [0.2, 0.25) is 0 Å². The summed E-state index contributed by atoms with van der Waals surface area (Å²) in [6, 6.07) is -1.50. The van der Waals surface area contributed by atoms with E-state index in [1.54, 1.807) is 0 Å². The van der Waals surface area contributed by atoms with Crippen LogP contribution in [0.1, 0.15) is 239 Å². The van der Waals surface area contributed by atoms with Crippen molar-refractivity contribution in [3.05, 3.63) is 0 Å². The van der Waals surface area contributed by atoms with Crippen LogP contribution in [0.5, 0.6) is 0 Å². The van der Waals surface area contributed by atoms with E-state index < -0.39 is 113 Å². The second-order valence-corrected chi connectivity index (χ2v) is 22.4. The van der Waals surface area contributed by atoms with E-state index >= 15 is 0 Å². The van der Waals surface area contributed by atoms with Crippen molar-refractivity contribution in [3.8, 4) is 0 Å². The molecule has 0 spiro atoms. The number of nitrogens with two attached hydrogens (primary N) is 1. The Labute approximate surface area is 473 Å². The van der Waals surface area contributed by atoms with Crippen molar-refractivity contribution in [2.75, 3.05) is 26.4 Å². The van der Waals surface area contributed by atoms with E-state index in [0.717, 1.165) is 83.5 Å². The third-order valence-corrected chi connectivity index (χ3v) is 15.4. The first kappa shape index (κ1) is 72.7. The van der Waals surface area contributed by atoms with Gasteiger partial charge in [0.15, 0.2) is 12.4 Å². The maximum Gasteiger partial charge on any atom is 1.00 e. The summed E-state index contributed by atoms with van der Waals surface area (Å²) in [7, 11) is -5.56. The molecule has 75 heavy (non-hydrogen) atoms. The second-order valence-electron chi connectivity index (χ2n) is 21.1. The van der Waals surface area contributed by atoms with Gasteiger partial charge in [-0.2, -0.15) is 0 Å². The van der Waals surface area contributed by atoms with Gasteiger partial charge in [0.25, 0.3) is 7.82 Å². The van der Waals surface area contributed by atoms with Crippen molar-refractivity contribution in [2.45, 2.75) is 312 Å². The Balaban J connectivity index is 0.0000281. The molecule has 18 nitrogen and oxygen atoms in total. The summed E-state index contributed by atoms with van der Waals surface area (Å²) >= 11 is 0. The molecule has 1 heterocycles. The van der Waals surface area contributed by atoms with Crippen LogP contribution in [-0.2, 0) is 46.9 Å². The minimum Gasteiger partial charge on any atom is -0.756 e. The Bertz CT molecular complexity index is 1440.